The summed E-state index contributed by atoms with van der Waals surface area (Å²) in [6.07, 6.45) is 0.932. The van der Waals surface area contributed by atoms with E-state index in [4.69, 9.17) is 5.73 Å². The Morgan fingerprint density at radius 3 is 1.74 bits per heavy atom. The number of likely N-dealkylation sites (tertiary alicyclic amines) is 1. The topological polar surface area (TPSA) is 200 Å². The minimum Gasteiger partial charge on any atom is -0.480 e. The monoisotopic (exact) mass is 498 g/mol. The van der Waals surface area contributed by atoms with Crippen LogP contribution in [0.2, 0.25) is 0 Å². The highest BCUT2D eigenvalue weighted by atomic mass is 16.4. The van der Waals surface area contributed by atoms with Gasteiger partial charge in [-0.3, -0.25) is 24.0 Å². The lowest BCUT2D eigenvalue weighted by molar-refractivity contribution is -0.145. The van der Waals surface area contributed by atoms with E-state index in [-0.39, 0.29) is 5.92 Å². The van der Waals surface area contributed by atoms with E-state index in [1.165, 1.54) is 32.6 Å². The third-order valence-corrected chi connectivity index (χ3v) is 5.72. The van der Waals surface area contributed by atoms with Crippen molar-refractivity contribution in [2.45, 2.75) is 90.6 Å². The molecule has 0 spiro atoms. The minimum absolute atomic E-state index is 0.291. The average Bonchev–Trinajstić information content (AvgIpc) is 3.25. The fourth-order valence-corrected chi connectivity index (χ4v) is 3.53. The molecule has 198 valence electrons. The Kier molecular flexibility index (Phi) is 11.1. The lowest BCUT2D eigenvalue weighted by Crippen LogP contribution is -2.57. The zero-order valence-corrected chi connectivity index (χ0v) is 21.1. The third-order valence-electron chi connectivity index (χ3n) is 5.72. The summed E-state index contributed by atoms with van der Waals surface area (Å²) in [5, 5.41) is 19.2. The zero-order valence-electron chi connectivity index (χ0n) is 21.1. The molecule has 0 radical (unpaired) electrons. The largest absolute Gasteiger partial charge is 0.480 e. The van der Waals surface area contributed by atoms with Crippen LogP contribution in [0.5, 0.6) is 0 Å². The standard InChI is InChI=1S/C22H38N6O7/c1-10(2)16(22(34)35)27-20(32)15-8-7-9-28(15)21(33)14(6)26-19(31)13(5)25-18(30)12(4)24-17(29)11(3)23/h10-16H,7-9,23H2,1-6H3,(H,24,29)(H,25,30)(H,26,31)(H,27,32)(H,34,35)/t11-,12-,13-,14-,15-,16-/m0/s1. The molecule has 6 atom stereocenters. The van der Waals surface area contributed by atoms with E-state index in [1.54, 1.807) is 13.8 Å². The number of carbonyl (C=O) groups excluding carboxylic acids is 5. The number of carboxylic acids is 1. The molecular formula is C22H38N6O7. The number of nitrogens with one attached hydrogen (secondary N) is 4. The van der Waals surface area contributed by atoms with Crippen LogP contribution in [0.4, 0.5) is 0 Å². The Hall–Kier alpha value is -3.22. The first-order valence-electron chi connectivity index (χ1n) is 11.7. The molecule has 0 unspecified atom stereocenters. The van der Waals surface area contributed by atoms with Crippen molar-refractivity contribution in [3.05, 3.63) is 0 Å². The molecule has 1 heterocycles. The number of aliphatic carboxylic acids is 1. The Bertz CT molecular complexity index is 831. The molecule has 35 heavy (non-hydrogen) atoms. The Balaban J connectivity index is 2.70. The summed E-state index contributed by atoms with van der Waals surface area (Å²) >= 11 is 0. The highest BCUT2D eigenvalue weighted by Gasteiger charge is 2.38. The predicted octanol–water partition coefficient (Wildman–Crippen LogP) is -1.94. The quantitative estimate of drug-likeness (QED) is 0.189. The second-order valence-corrected chi connectivity index (χ2v) is 9.24. The average molecular weight is 499 g/mol. The van der Waals surface area contributed by atoms with Crippen LogP contribution < -0.4 is 27.0 Å². The lowest BCUT2D eigenvalue weighted by atomic mass is 10.0. The molecule has 7 N–H and O–H groups in total. The van der Waals surface area contributed by atoms with E-state index in [0.29, 0.717) is 19.4 Å². The molecule has 0 aliphatic carbocycles. The van der Waals surface area contributed by atoms with Crippen molar-refractivity contribution in [2.24, 2.45) is 11.7 Å². The lowest BCUT2D eigenvalue weighted by Gasteiger charge is -2.29. The first kappa shape index (κ1) is 29.8. The molecule has 1 saturated heterocycles. The number of hydrogen-bond donors (Lipinski definition) is 6. The van der Waals surface area contributed by atoms with Gasteiger partial charge in [-0.25, -0.2) is 4.79 Å². The summed E-state index contributed by atoms with van der Waals surface area (Å²) in [5.41, 5.74) is 5.45. The van der Waals surface area contributed by atoms with Gasteiger partial charge in [-0.2, -0.15) is 0 Å². The molecule has 13 nitrogen and oxygen atoms in total. The maximum Gasteiger partial charge on any atom is 0.326 e. The van der Waals surface area contributed by atoms with Crippen LogP contribution in [0.25, 0.3) is 0 Å². The summed E-state index contributed by atoms with van der Waals surface area (Å²) in [6.45, 7) is 9.43. The normalized spacial score (nSPS) is 19.7. The fourth-order valence-electron chi connectivity index (χ4n) is 3.53. The van der Waals surface area contributed by atoms with E-state index in [2.05, 4.69) is 21.3 Å². The molecule has 5 amide bonds. The molecule has 0 bridgehead atoms. The number of carboxylic acid groups (broad SMARTS) is 1. The maximum atomic E-state index is 13.0. The van der Waals surface area contributed by atoms with E-state index in [9.17, 15) is 33.9 Å². The summed E-state index contributed by atoms with van der Waals surface area (Å²) in [4.78, 5) is 74.8. The highest BCUT2D eigenvalue weighted by Crippen LogP contribution is 2.19. The van der Waals surface area contributed by atoms with Crippen LogP contribution in [0, 0.1) is 5.92 Å². The number of hydrogen-bond acceptors (Lipinski definition) is 7. The zero-order chi connectivity index (χ0) is 27.0. The Labute approximate surface area is 204 Å². The Morgan fingerprint density at radius 2 is 1.29 bits per heavy atom. The van der Waals surface area contributed by atoms with Crippen LogP contribution in [0.1, 0.15) is 54.4 Å². The molecule has 0 saturated carbocycles. The van der Waals surface area contributed by atoms with Gasteiger partial charge in [0.2, 0.25) is 29.5 Å². The summed E-state index contributed by atoms with van der Waals surface area (Å²) in [7, 11) is 0. The van der Waals surface area contributed by atoms with Gasteiger partial charge < -0.3 is 37.0 Å². The van der Waals surface area contributed by atoms with Crippen molar-refractivity contribution in [1.82, 2.24) is 26.2 Å². The number of amides is 5. The van der Waals surface area contributed by atoms with Crippen molar-refractivity contribution in [3.63, 3.8) is 0 Å². The predicted molar refractivity (Wildman–Crippen MR) is 126 cm³/mol. The molecule has 1 aliphatic heterocycles. The van der Waals surface area contributed by atoms with Gasteiger partial charge >= 0.3 is 5.97 Å². The van der Waals surface area contributed by atoms with Crippen LogP contribution >= 0.6 is 0 Å². The van der Waals surface area contributed by atoms with Gasteiger partial charge in [0.15, 0.2) is 0 Å². The van der Waals surface area contributed by atoms with Gasteiger partial charge in [-0.1, -0.05) is 13.8 Å². The number of nitrogens with zero attached hydrogens (tertiary/aromatic N) is 1. The van der Waals surface area contributed by atoms with E-state index < -0.39 is 71.8 Å². The smallest absolute Gasteiger partial charge is 0.326 e. The highest BCUT2D eigenvalue weighted by molar-refractivity contribution is 5.96. The van der Waals surface area contributed by atoms with Crippen LogP contribution in [0.3, 0.4) is 0 Å². The third kappa shape index (κ3) is 8.50. The van der Waals surface area contributed by atoms with Gasteiger partial charge in [-0.05, 0) is 46.5 Å². The number of nitrogens with two attached hydrogens (primary N) is 1. The van der Waals surface area contributed by atoms with Crippen molar-refractivity contribution in [3.8, 4) is 0 Å². The summed E-state index contributed by atoms with van der Waals surface area (Å²) < 4.78 is 0. The molecule has 1 fully saturated rings. The molecule has 0 aromatic carbocycles. The second-order valence-electron chi connectivity index (χ2n) is 9.24. The van der Waals surface area contributed by atoms with Gasteiger partial charge in [0.05, 0.1) is 6.04 Å². The van der Waals surface area contributed by atoms with Crippen molar-refractivity contribution < 1.29 is 33.9 Å². The maximum absolute atomic E-state index is 13.0. The number of rotatable bonds is 11. The van der Waals surface area contributed by atoms with E-state index in [1.807, 2.05) is 0 Å². The van der Waals surface area contributed by atoms with Gasteiger partial charge in [0.25, 0.3) is 0 Å². The van der Waals surface area contributed by atoms with E-state index >= 15 is 0 Å². The van der Waals surface area contributed by atoms with Crippen LogP contribution in [-0.4, -0.2) is 88.3 Å². The first-order valence-corrected chi connectivity index (χ1v) is 11.7. The second kappa shape index (κ2) is 13.0. The summed E-state index contributed by atoms with van der Waals surface area (Å²) in [5.74, 6) is -4.30. The van der Waals surface area contributed by atoms with Crippen LogP contribution in [0.15, 0.2) is 0 Å². The molecule has 13 heteroatoms. The van der Waals surface area contributed by atoms with Crippen molar-refractivity contribution >= 4 is 35.5 Å². The van der Waals surface area contributed by atoms with Crippen molar-refractivity contribution in [2.75, 3.05) is 6.54 Å². The first-order chi connectivity index (χ1) is 16.2. The minimum atomic E-state index is -1.16. The van der Waals surface area contributed by atoms with Gasteiger partial charge in [0.1, 0.15) is 30.2 Å². The Morgan fingerprint density at radius 1 is 0.800 bits per heavy atom. The molecule has 0 aromatic heterocycles. The fraction of sp³-hybridized carbons (Fsp3) is 0.727. The molecule has 0 aromatic rings. The van der Waals surface area contributed by atoms with Crippen LogP contribution in [-0.2, 0) is 28.8 Å². The van der Waals surface area contributed by atoms with E-state index in [0.717, 1.165) is 0 Å². The summed E-state index contributed by atoms with van der Waals surface area (Å²) in [6, 6.07) is -5.64. The van der Waals surface area contributed by atoms with Gasteiger partial charge in [0, 0.05) is 6.54 Å². The number of carbonyl (C=O) groups is 6. The molecular weight excluding hydrogens is 460 g/mol. The van der Waals surface area contributed by atoms with Gasteiger partial charge in [-0.15, -0.1) is 0 Å². The SMILES string of the molecule is CC(C)[C@H](NC(=O)[C@@H]1CCCN1C(=O)[C@H](C)NC(=O)[C@H](C)NC(=O)[C@H](C)NC(=O)[C@H](C)N)C(=O)O. The molecule has 1 aliphatic rings. The van der Waals surface area contributed by atoms with Crippen molar-refractivity contribution in [1.29, 1.82) is 0 Å². The molecule has 1 rings (SSSR count).